The molecule has 2 N–H and O–H groups in total. The number of hydrogen-bond acceptors (Lipinski definition) is 2. The summed E-state index contributed by atoms with van der Waals surface area (Å²) < 4.78 is 0. The number of halogens is 2. The van der Waals surface area contributed by atoms with Gasteiger partial charge in [0.1, 0.15) is 6.10 Å². The van der Waals surface area contributed by atoms with Gasteiger partial charge >= 0.3 is 0 Å². The molecule has 2 unspecified atom stereocenters. The number of fused-ring (bicyclic) bond motifs is 1. The third-order valence-electron chi connectivity index (χ3n) is 2.73. The molecule has 0 aromatic heterocycles. The summed E-state index contributed by atoms with van der Waals surface area (Å²) in [5.41, 5.74) is 0.598. The maximum Gasteiger partial charge on any atom is 0.107 e. The zero-order valence-electron chi connectivity index (χ0n) is 8.98. The van der Waals surface area contributed by atoms with Gasteiger partial charge in [-0.15, -0.1) is 11.6 Å². The lowest BCUT2D eigenvalue weighted by atomic mass is 9.98. The maximum absolute atomic E-state index is 10.0. The van der Waals surface area contributed by atoms with Crippen LogP contribution in [-0.4, -0.2) is 22.2 Å². The van der Waals surface area contributed by atoms with Crippen molar-refractivity contribution in [1.82, 2.24) is 0 Å². The number of aliphatic hydroxyl groups is 2. The second-order valence-electron chi connectivity index (χ2n) is 3.85. The highest BCUT2D eigenvalue weighted by Gasteiger charge is 2.20. The molecule has 17 heavy (non-hydrogen) atoms. The molecule has 0 aliphatic rings. The van der Waals surface area contributed by atoms with Crippen LogP contribution in [0.3, 0.4) is 0 Å². The summed E-state index contributed by atoms with van der Waals surface area (Å²) in [6.07, 6.45) is -2.03. The van der Waals surface area contributed by atoms with Crippen LogP contribution in [0.5, 0.6) is 0 Å². The highest BCUT2D eigenvalue weighted by atomic mass is 35.5. The number of aliphatic hydroxyl groups excluding tert-OH is 2. The Bertz CT molecular complexity index is 523. The van der Waals surface area contributed by atoms with Gasteiger partial charge in [0, 0.05) is 10.4 Å². The minimum Gasteiger partial charge on any atom is -0.389 e. The van der Waals surface area contributed by atoms with Crippen molar-refractivity contribution >= 4 is 34.0 Å². The second kappa shape index (κ2) is 5.23. The van der Waals surface area contributed by atoms with Gasteiger partial charge in [-0.25, -0.2) is 0 Å². The van der Waals surface area contributed by atoms with Crippen molar-refractivity contribution < 1.29 is 10.2 Å². The smallest absolute Gasteiger partial charge is 0.107 e. The van der Waals surface area contributed by atoms with Crippen molar-refractivity contribution in [2.24, 2.45) is 0 Å². The Balaban J connectivity index is 2.61. The lowest BCUT2D eigenvalue weighted by Gasteiger charge is -2.18. The quantitative estimate of drug-likeness (QED) is 0.842. The van der Waals surface area contributed by atoms with Gasteiger partial charge < -0.3 is 10.2 Å². The Labute approximate surface area is 109 Å². The van der Waals surface area contributed by atoms with E-state index in [0.29, 0.717) is 10.6 Å². The van der Waals surface area contributed by atoms with E-state index in [1.54, 1.807) is 12.1 Å². The summed E-state index contributed by atoms with van der Waals surface area (Å²) in [4.78, 5) is 0. The van der Waals surface area contributed by atoms with E-state index in [1.807, 2.05) is 24.3 Å². The lowest BCUT2D eigenvalue weighted by Crippen LogP contribution is -2.19. The van der Waals surface area contributed by atoms with E-state index in [-0.39, 0.29) is 5.88 Å². The molecule has 4 heteroatoms. The third kappa shape index (κ3) is 2.40. The SMILES string of the molecule is OC(CCl)C(O)c1cccc2cccc(Cl)c12. The molecule has 0 bridgehead atoms. The normalized spacial score (nSPS) is 14.8. The van der Waals surface area contributed by atoms with E-state index in [4.69, 9.17) is 23.2 Å². The molecule has 0 radical (unpaired) electrons. The first-order valence-corrected chi connectivity index (χ1v) is 6.15. The number of hydrogen-bond donors (Lipinski definition) is 2. The summed E-state index contributed by atoms with van der Waals surface area (Å²) in [7, 11) is 0. The molecule has 0 saturated carbocycles. The standard InChI is InChI=1S/C13H12Cl2O2/c14-7-11(16)13(17)9-5-1-3-8-4-2-6-10(15)12(8)9/h1-6,11,13,16-17H,7H2. The van der Waals surface area contributed by atoms with Crippen LogP contribution in [0.2, 0.25) is 5.02 Å². The Morgan fingerprint density at radius 1 is 1.06 bits per heavy atom. The van der Waals surface area contributed by atoms with E-state index < -0.39 is 12.2 Å². The summed E-state index contributed by atoms with van der Waals surface area (Å²) in [5, 5.41) is 21.9. The third-order valence-corrected chi connectivity index (χ3v) is 3.36. The fraction of sp³-hybridized carbons (Fsp3) is 0.231. The van der Waals surface area contributed by atoms with Crippen molar-refractivity contribution in [3.63, 3.8) is 0 Å². The molecule has 2 nitrogen and oxygen atoms in total. The highest BCUT2D eigenvalue weighted by molar-refractivity contribution is 6.35. The number of benzene rings is 2. The Morgan fingerprint density at radius 3 is 2.35 bits per heavy atom. The molecular weight excluding hydrogens is 259 g/mol. The van der Waals surface area contributed by atoms with Crippen molar-refractivity contribution in [3.05, 3.63) is 47.0 Å². The topological polar surface area (TPSA) is 40.5 Å². The van der Waals surface area contributed by atoms with Crippen molar-refractivity contribution in [2.45, 2.75) is 12.2 Å². The molecule has 0 fully saturated rings. The largest absolute Gasteiger partial charge is 0.389 e. The molecule has 0 heterocycles. The molecule has 2 aromatic carbocycles. The molecule has 2 rings (SSSR count). The molecule has 0 spiro atoms. The van der Waals surface area contributed by atoms with Gasteiger partial charge in [0.25, 0.3) is 0 Å². The van der Waals surface area contributed by atoms with Crippen molar-refractivity contribution in [1.29, 1.82) is 0 Å². The molecule has 2 atom stereocenters. The first kappa shape index (κ1) is 12.7. The van der Waals surface area contributed by atoms with E-state index >= 15 is 0 Å². The van der Waals surface area contributed by atoms with Crippen LogP contribution in [0.4, 0.5) is 0 Å². The van der Waals surface area contributed by atoms with Crippen LogP contribution in [0, 0.1) is 0 Å². The average Bonchev–Trinajstić information content (AvgIpc) is 2.36. The maximum atomic E-state index is 10.0. The van der Waals surface area contributed by atoms with E-state index in [9.17, 15) is 10.2 Å². The van der Waals surface area contributed by atoms with Gasteiger partial charge in [0.15, 0.2) is 0 Å². The molecule has 0 saturated heterocycles. The van der Waals surface area contributed by atoms with Gasteiger partial charge in [-0.1, -0.05) is 41.9 Å². The summed E-state index contributed by atoms with van der Waals surface area (Å²) in [6, 6.07) is 11.0. The van der Waals surface area contributed by atoms with Gasteiger partial charge in [0.2, 0.25) is 0 Å². The first-order chi connectivity index (χ1) is 8.15. The van der Waals surface area contributed by atoms with Gasteiger partial charge in [-0.3, -0.25) is 0 Å². The molecular formula is C13H12Cl2O2. The zero-order chi connectivity index (χ0) is 12.4. The van der Waals surface area contributed by atoms with Crippen LogP contribution in [0.1, 0.15) is 11.7 Å². The van der Waals surface area contributed by atoms with E-state index in [0.717, 1.165) is 10.8 Å². The summed E-state index contributed by atoms with van der Waals surface area (Å²) in [6.45, 7) is 0. The Hall–Kier alpha value is -0.800. The van der Waals surface area contributed by atoms with Crippen LogP contribution in [0.15, 0.2) is 36.4 Å². The molecule has 0 aliphatic heterocycles. The molecule has 90 valence electrons. The van der Waals surface area contributed by atoms with Gasteiger partial charge in [-0.05, 0) is 17.0 Å². The lowest BCUT2D eigenvalue weighted by molar-refractivity contribution is 0.0336. The van der Waals surface area contributed by atoms with Crippen molar-refractivity contribution in [2.75, 3.05) is 5.88 Å². The van der Waals surface area contributed by atoms with E-state index in [1.165, 1.54) is 0 Å². The van der Waals surface area contributed by atoms with Gasteiger partial charge in [0.05, 0.1) is 12.0 Å². The predicted molar refractivity (Wildman–Crippen MR) is 70.6 cm³/mol. The summed E-state index contributed by atoms with van der Waals surface area (Å²) in [5.74, 6) is -0.0258. The predicted octanol–water partition coefficient (Wildman–Crippen LogP) is 3.13. The average molecular weight is 271 g/mol. The number of rotatable bonds is 3. The van der Waals surface area contributed by atoms with Crippen molar-refractivity contribution in [3.8, 4) is 0 Å². The van der Waals surface area contributed by atoms with Crippen LogP contribution in [0.25, 0.3) is 10.8 Å². The van der Waals surface area contributed by atoms with Crippen LogP contribution in [-0.2, 0) is 0 Å². The molecule has 0 amide bonds. The van der Waals surface area contributed by atoms with Crippen LogP contribution < -0.4 is 0 Å². The van der Waals surface area contributed by atoms with E-state index in [2.05, 4.69) is 0 Å². The minimum atomic E-state index is -1.03. The minimum absolute atomic E-state index is 0.0258. The molecule has 0 aliphatic carbocycles. The summed E-state index contributed by atoms with van der Waals surface area (Å²) >= 11 is 11.7. The highest BCUT2D eigenvalue weighted by Crippen LogP contribution is 2.31. The monoisotopic (exact) mass is 270 g/mol. The van der Waals surface area contributed by atoms with Gasteiger partial charge in [-0.2, -0.15) is 0 Å². The fourth-order valence-electron chi connectivity index (χ4n) is 1.86. The Kier molecular flexibility index (Phi) is 3.89. The molecule has 2 aromatic rings. The first-order valence-electron chi connectivity index (χ1n) is 5.24. The number of alkyl halides is 1. The van der Waals surface area contributed by atoms with Crippen LogP contribution >= 0.6 is 23.2 Å². The second-order valence-corrected chi connectivity index (χ2v) is 4.57. The Morgan fingerprint density at radius 2 is 1.71 bits per heavy atom. The zero-order valence-corrected chi connectivity index (χ0v) is 10.5. The fourth-order valence-corrected chi connectivity index (χ4v) is 2.32.